The Bertz CT molecular complexity index is 2920. The Morgan fingerprint density at radius 3 is 1.88 bits per heavy atom. The average molecular weight is 651 g/mol. The molecule has 0 unspecified atom stereocenters. The maximum atomic E-state index is 5.22. The fraction of sp³-hybridized carbons (Fsp3) is 0.0213. The molecule has 4 nitrogen and oxygen atoms in total. The summed E-state index contributed by atoms with van der Waals surface area (Å²) in [6, 6.07) is 61.4. The van der Waals surface area contributed by atoms with Gasteiger partial charge in [0, 0.05) is 33.7 Å². The van der Waals surface area contributed by atoms with Crippen LogP contribution in [0, 0.1) is 0 Å². The number of rotatable bonds is 4. The first kappa shape index (κ1) is 28.1. The highest BCUT2D eigenvalue weighted by molar-refractivity contribution is 6.24. The van der Waals surface area contributed by atoms with Crippen molar-refractivity contribution < 1.29 is 0 Å². The fourth-order valence-corrected chi connectivity index (χ4v) is 8.89. The van der Waals surface area contributed by atoms with Crippen molar-refractivity contribution in [3.63, 3.8) is 0 Å². The van der Waals surface area contributed by atoms with Crippen LogP contribution in [0.1, 0.15) is 22.3 Å². The van der Waals surface area contributed by atoms with Crippen LogP contribution >= 0.6 is 0 Å². The molecule has 0 spiro atoms. The van der Waals surface area contributed by atoms with Crippen molar-refractivity contribution in [1.82, 2.24) is 19.1 Å². The van der Waals surface area contributed by atoms with Crippen molar-refractivity contribution in [3.05, 3.63) is 205 Å². The van der Waals surface area contributed by atoms with Gasteiger partial charge in [-0.1, -0.05) is 127 Å². The first-order valence-electron chi connectivity index (χ1n) is 17.4. The van der Waals surface area contributed by atoms with Gasteiger partial charge in [-0.25, -0.2) is 4.98 Å². The van der Waals surface area contributed by atoms with Crippen molar-refractivity contribution in [2.75, 3.05) is 0 Å². The summed E-state index contributed by atoms with van der Waals surface area (Å²) in [4.78, 5) is 10.2. The molecule has 6 aromatic carbocycles. The highest BCUT2D eigenvalue weighted by atomic mass is 15.1. The zero-order chi connectivity index (χ0) is 33.5. The monoisotopic (exact) mass is 650 g/mol. The molecule has 4 aromatic heterocycles. The fourth-order valence-electron chi connectivity index (χ4n) is 8.89. The second-order valence-corrected chi connectivity index (χ2v) is 13.4. The number of para-hydroxylation sites is 2. The van der Waals surface area contributed by atoms with E-state index in [2.05, 4.69) is 173 Å². The third kappa shape index (κ3) is 3.73. The third-order valence-electron chi connectivity index (χ3n) is 10.9. The second kappa shape index (κ2) is 10.6. The van der Waals surface area contributed by atoms with Crippen LogP contribution in [-0.4, -0.2) is 19.1 Å². The van der Waals surface area contributed by atoms with Crippen molar-refractivity contribution in [2.45, 2.75) is 5.41 Å². The Hall–Kier alpha value is -6.78. The lowest BCUT2D eigenvalue weighted by atomic mass is 9.67. The van der Waals surface area contributed by atoms with Gasteiger partial charge in [-0.3, -0.25) is 9.55 Å². The number of aromatic nitrogens is 4. The molecule has 1 aliphatic carbocycles. The Morgan fingerprint density at radius 2 is 1.10 bits per heavy atom. The van der Waals surface area contributed by atoms with Crippen LogP contribution in [-0.2, 0) is 5.41 Å². The normalized spacial score (nSPS) is 13.3. The number of nitrogens with zero attached hydrogens (tertiary/aromatic N) is 4. The van der Waals surface area contributed by atoms with Gasteiger partial charge in [-0.2, -0.15) is 0 Å². The summed E-state index contributed by atoms with van der Waals surface area (Å²) in [6.07, 6.45) is 3.91. The first-order chi connectivity index (χ1) is 25.3. The molecule has 51 heavy (non-hydrogen) atoms. The van der Waals surface area contributed by atoms with Crippen molar-refractivity contribution in [1.29, 1.82) is 0 Å². The van der Waals surface area contributed by atoms with E-state index in [4.69, 9.17) is 9.97 Å². The van der Waals surface area contributed by atoms with Gasteiger partial charge in [0.05, 0.1) is 33.7 Å². The molecule has 0 bridgehead atoms. The van der Waals surface area contributed by atoms with Crippen LogP contribution in [0.3, 0.4) is 0 Å². The van der Waals surface area contributed by atoms with Crippen molar-refractivity contribution >= 4 is 43.9 Å². The van der Waals surface area contributed by atoms with E-state index in [0.29, 0.717) is 0 Å². The number of hydrogen-bond acceptors (Lipinski definition) is 2. The minimum Gasteiger partial charge on any atom is -0.307 e. The molecule has 0 radical (unpaired) electrons. The van der Waals surface area contributed by atoms with Crippen LogP contribution in [0.5, 0.6) is 0 Å². The number of fused-ring (bicyclic) bond motifs is 10. The Labute approximate surface area is 294 Å². The van der Waals surface area contributed by atoms with Gasteiger partial charge in [0.15, 0.2) is 0 Å². The zero-order valence-corrected chi connectivity index (χ0v) is 27.6. The van der Waals surface area contributed by atoms with Crippen LogP contribution in [0.15, 0.2) is 182 Å². The van der Waals surface area contributed by atoms with E-state index in [-0.39, 0.29) is 0 Å². The highest BCUT2D eigenvalue weighted by Gasteiger charge is 2.46. The minimum absolute atomic E-state index is 0.496. The van der Waals surface area contributed by atoms with Crippen molar-refractivity contribution in [3.8, 4) is 22.5 Å². The Kier molecular flexibility index (Phi) is 5.84. The molecule has 11 rings (SSSR count). The molecule has 0 N–H and O–H groups in total. The predicted molar refractivity (Wildman–Crippen MR) is 208 cm³/mol. The summed E-state index contributed by atoms with van der Waals surface area (Å²) in [5.74, 6) is 0. The number of hydrogen-bond donors (Lipinski definition) is 0. The molecule has 0 saturated heterocycles. The summed E-state index contributed by atoms with van der Waals surface area (Å²) < 4.78 is 4.68. The molecule has 1 aliphatic rings. The smallest absolute Gasteiger partial charge is 0.145 e. The van der Waals surface area contributed by atoms with Gasteiger partial charge < -0.3 is 4.57 Å². The van der Waals surface area contributed by atoms with E-state index in [1.807, 2.05) is 18.5 Å². The molecule has 0 saturated carbocycles. The quantitative estimate of drug-likeness (QED) is 0.190. The van der Waals surface area contributed by atoms with Crippen molar-refractivity contribution in [2.24, 2.45) is 0 Å². The second-order valence-electron chi connectivity index (χ2n) is 13.4. The number of benzene rings is 6. The number of pyridine rings is 2. The van der Waals surface area contributed by atoms with Gasteiger partial charge >= 0.3 is 0 Å². The standard InChI is InChI=1S/C47H30N4/c1-4-15-31(16-5-1)47(32-17-6-2-7-18-32)39-24-12-10-21-35(39)36-27-26-34(29-40(36)47)50-41-25-13-11-22-37(41)44-45(50)43-38-23-14-28-48-46(38)51(42(43)30-49-44)33-19-8-3-9-20-33/h1-30H. The van der Waals surface area contributed by atoms with E-state index in [0.717, 1.165) is 55.2 Å². The molecular weight excluding hydrogens is 621 g/mol. The minimum atomic E-state index is -0.496. The van der Waals surface area contributed by atoms with Gasteiger partial charge in [0.2, 0.25) is 0 Å². The first-order valence-corrected chi connectivity index (χ1v) is 17.4. The molecule has 238 valence electrons. The van der Waals surface area contributed by atoms with E-state index < -0.39 is 5.41 Å². The van der Waals surface area contributed by atoms with Crippen LogP contribution in [0.4, 0.5) is 0 Å². The predicted octanol–water partition coefficient (Wildman–Crippen LogP) is 11.0. The Morgan fingerprint density at radius 1 is 0.451 bits per heavy atom. The van der Waals surface area contributed by atoms with Crippen LogP contribution in [0.25, 0.3) is 66.4 Å². The molecule has 10 aromatic rings. The lowest BCUT2D eigenvalue weighted by molar-refractivity contribution is 0.767. The zero-order valence-electron chi connectivity index (χ0n) is 27.6. The van der Waals surface area contributed by atoms with Crippen LogP contribution in [0.2, 0.25) is 0 Å². The van der Waals surface area contributed by atoms with E-state index in [1.54, 1.807) is 0 Å². The lowest BCUT2D eigenvalue weighted by Gasteiger charge is -2.34. The SMILES string of the molecule is c1ccc(-n2c3cnc4c5ccccc5n(-c5ccc6c(c5)C(c5ccccc5)(c5ccccc5)c5ccccc5-6)c4c3c3cccnc32)cc1. The van der Waals surface area contributed by atoms with E-state index >= 15 is 0 Å². The molecule has 0 fully saturated rings. The molecule has 4 heterocycles. The molecule has 0 amide bonds. The molecule has 0 aliphatic heterocycles. The van der Waals surface area contributed by atoms with Crippen LogP contribution < -0.4 is 0 Å². The van der Waals surface area contributed by atoms with Gasteiger partial charge in [0.1, 0.15) is 5.65 Å². The van der Waals surface area contributed by atoms with Gasteiger partial charge in [-0.05, 0) is 75.8 Å². The molecule has 4 heteroatoms. The van der Waals surface area contributed by atoms with E-state index in [9.17, 15) is 0 Å². The Balaban J connectivity index is 1.29. The summed E-state index contributed by atoms with van der Waals surface area (Å²) in [7, 11) is 0. The summed E-state index contributed by atoms with van der Waals surface area (Å²) in [6.45, 7) is 0. The summed E-state index contributed by atoms with van der Waals surface area (Å²) >= 11 is 0. The lowest BCUT2D eigenvalue weighted by Crippen LogP contribution is -2.28. The maximum absolute atomic E-state index is 5.22. The summed E-state index contributed by atoms with van der Waals surface area (Å²) in [5, 5.41) is 3.37. The highest BCUT2D eigenvalue weighted by Crippen LogP contribution is 2.56. The van der Waals surface area contributed by atoms with E-state index in [1.165, 1.54) is 33.4 Å². The maximum Gasteiger partial charge on any atom is 0.145 e. The van der Waals surface area contributed by atoms with Gasteiger partial charge in [-0.15, -0.1) is 0 Å². The largest absolute Gasteiger partial charge is 0.307 e. The third-order valence-corrected chi connectivity index (χ3v) is 10.9. The van der Waals surface area contributed by atoms with Gasteiger partial charge in [0.25, 0.3) is 0 Å². The average Bonchev–Trinajstić information content (AvgIpc) is 3.83. The topological polar surface area (TPSA) is 35.6 Å². The molecule has 0 atom stereocenters. The molecular formula is C47H30N4. The summed E-state index contributed by atoms with van der Waals surface area (Å²) in [5.41, 5.74) is 14.4.